The number of nitrogens with one attached hydrogen (secondary N) is 1. The van der Waals surface area contributed by atoms with Gasteiger partial charge in [-0.1, -0.05) is 17.7 Å². The summed E-state index contributed by atoms with van der Waals surface area (Å²) in [7, 11) is -3.80. The molecule has 1 unspecified atom stereocenters. The van der Waals surface area contributed by atoms with Crippen molar-refractivity contribution in [2.45, 2.75) is 17.2 Å². The molecule has 0 saturated carbocycles. The molecule has 0 amide bonds. The van der Waals surface area contributed by atoms with Crippen LogP contribution in [0.25, 0.3) is 0 Å². The maximum atomic E-state index is 12.3. The Hall–Kier alpha value is -1.52. The van der Waals surface area contributed by atoms with Crippen LogP contribution in [0.5, 0.6) is 0 Å². The first-order chi connectivity index (χ1) is 8.46. The third-order valence-electron chi connectivity index (χ3n) is 2.55. The second kappa shape index (κ2) is 4.63. The Labute approximate surface area is 110 Å². The normalized spacial score (nSPS) is 19.9. The fraction of sp³-hybridized carbons (Fsp3) is 0.273. The molecule has 0 aliphatic carbocycles. The molecule has 1 fully saturated rings. The van der Waals surface area contributed by atoms with E-state index < -0.39 is 15.4 Å². The Balaban J connectivity index is 2.46. The zero-order valence-electron chi connectivity index (χ0n) is 9.62. The van der Waals surface area contributed by atoms with Gasteiger partial charge in [-0.05, 0) is 19.1 Å². The van der Waals surface area contributed by atoms with Crippen molar-refractivity contribution in [3.8, 4) is 6.07 Å². The number of sulfonamides is 1. The van der Waals surface area contributed by atoms with Crippen LogP contribution >= 0.6 is 11.8 Å². The van der Waals surface area contributed by atoms with Crippen molar-refractivity contribution in [2.75, 3.05) is 5.75 Å². The lowest BCUT2D eigenvalue weighted by Crippen LogP contribution is -2.37. The van der Waals surface area contributed by atoms with Gasteiger partial charge in [0.15, 0.2) is 5.37 Å². The van der Waals surface area contributed by atoms with Gasteiger partial charge < -0.3 is 0 Å². The van der Waals surface area contributed by atoms with Crippen LogP contribution in [-0.2, 0) is 10.0 Å². The number of hydrogen-bond acceptors (Lipinski definition) is 5. The van der Waals surface area contributed by atoms with Crippen molar-refractivity contribution >= 4 is 27.6 Å². The van der Waals surface area contributed by atoms with Crippen LogP contribution in [0, 0.1) is 23.7 Å². The van der Waals surface area contributed by atoms with Crippen molar-refractivity contribution in [2.24, 2.45) is 0 Å². The van der Waals surface area contributed by atoms with Crippen LogP contribution in [0.2, 0.25) is 0 Å². The van der Waals surface area contributed by atoms with Crippen molar-refractivity contribution in [1.29, 1.82) is 10.7 Å². The van der Waals surface area contributed by atoms with Crippen LogP contribution in [0.4, 0.5) is 0 Å². The lowest BCUT2D eigenvalue weighted by Gasteiger charge is -2.20. The van der Waals surface area contributed by atoms with Gasteiger partial charge in [0.05, 0.1) is 16.7 Å². The molecule has 18 heavy (non-hydrogen) atoms. The highest BCUT2D eigenvalue weighted by Gasteiger charge is 2.39. The summed E-state index contributed by atoms with van der Waals surface area (Å²) in [5.41, 5.74) is 0.955. The summed E-state index contributed by atoms with van der Waals surface area (Å²) >= 11 is 1.14. The minimum Gasteiger partial charge on any atom is -0.287 e. The molecule has 0 spiro atoms. The zero-order chi connectivity index (χ0) is 13.3. The van der Waals surface area contributed by atoms with Gasteiger partial charge in [0.1, 0.15) is 5.84 Å². The molecule has 0 radical (unpaired) electrons. The smallest absolute Gasteiger partial charge is 0.267 e. The zero-order valence-corrected chi connectivity index (χ0v) is 11.3. The second-order valence-electron chi connectivity index (χ2n) is 3.85. The Morgan fingerprint density at radius 1 is 1.44 bits per heavy atom. The average Bonchev–Trinajstić information content (AvgIpc) is 2.71. The monoisotopic (exact) mass is 281 g/mol. The standard InChI is InChI=1S/C11H11N3O2S2/c1-8-2-4-9(5-3-8)18(15,16)14-10(13)7-17-11(14)6-12/h2-5,11,13H,7H2,1H3. The summed E-state index contributed by atoms with van der Waals surface area (Å²) < 4.78 is 25.6. The molecule has 1 aromatic rings. The largest absolute Gasteiger partial charge is 0.287 e. The first kappa shape index (κ1) is 12.9. The minimum absolute atomic E-state index is 0.0490. The number of rotatable bonds is 2. The second-order valence-corrected chi connectivity index (χ2v) is 6.74. The van der Waals surface area contributed by atoms with Gasteiger partial charge in [0.25, 0.3) is 10.0 Å². The van der Waals surface area contributed by atoms with E-state index in [1.165, 1.54) is 12.1 Å². The van der Waals surface area contributed by atoms with E-state index in [1.54, 1.807) is 12.1 Å². The predicted octanol–water partition coefficient (Wildman–Crippen LogP) is 1.56. The Morgan fingerprint density at radius 3 is 2.61 bits per heavy atom. The number of hydrogen-bond donors (Lipinski definition) is 1. The van der Waals surface area contributed by atoms with Gasteiger partial charge in [0, 0.05) is 0 Å². The number of aryl methyl sites for hydroxylation is 1. The molecule has 1 saturated heterocycles. The van der Waals surface area contributed by atoms with Gasteiger partial charge in [-0.15, -0.1) is 11.8 Å². The van der Waals surface area contributed by atoms with Crippen molar-refractivity contribution in [3.05, 3.63) is 29.8 Å². The molecule has 1 aliphatic rings. The van der Waals surface area contributed by atoms with Gasteiger partial charge >= 0.3 is 0 Å². The van der Waals surface area contributed by atoms with Crippen molar-refractivity contribution in [3.63, 3.8) is 0 Å². The van der Waals surface area contributed by atoms with Crippen molar-refractivity contribution in [1.82, 2.24) is 4.31 Å². The lowest BCUT2D eigenvalue weighted by atomic mass is 10.2. The van der Waals surface area contributed by atoms with E-state index in [0.29, 0.717) is 0 Å². The van der Waals surface area contributed by atoms with Gasteiger partial charge in [-0.2, -0.15) is 5.26 Å². The highest BCUT2D eigenvalue weighted by molar-refractivity contribution is 8.02. The molecule has 1 aromatic carbocycles. The first-order valence-corrected chi connectivity index (χ1v) is 7.65. The molecule has 94 valence electrons. The third kappa shape index (κ3) is 2.09. The summed E-state index contributed by atoms with van der Waals surface area (Å²) in [5, 5.41) is 15.8. The summed E-state index contributed by atoms with van der Waals surface area (Å²) in [5.74, 6) is 0.190. The number of thioether (sulfide) groups is 1. The van der Waals surface area contributed by atoms with Crippen molar-refractivity contribution < 1.29 is 8.42 Å². The molecule has 0 bridgehead atoms. The Kier molecular flexibility index (Phi) is 3.32. The summed E-state index contributed by atoms with van der Waals surface area (Å²) in [6.07, 6.45) is 0. The van der Waals surface area contributed by atoms with Gasteiger partial charge in [-0.25, -0.2) is 12.7 Å². The maximum absolute atomic E-state index is 12.3. The van der Waals surface area contributed by atoms with E-state index in [0.717, 1.165) is 21.6 Å². The van der Waals surface area contributed by atoms with Crippen LogP contribution in [-0.4, -0.2) is 29.7 Å². The van der Waals surface area contributed by atoms with E-state index in [2.05, 4.69) is 0 Å². The molecule has 1 N–H and O–H groups in total. The average molecular weight is 281 g/mol. The summed E-state index contributed by atoms with van der Waals surface area (Å²) in [4.78, 5) is 0.112. The van der Waals surface area contributed by atoms with Crippen LogP contribution in [0.3, 0.4) is 0 Å². The Bertz CT molecular complexity index is 617. The highest BCUT2D eigenvalue weighted by Crippen LogP contribution is 2.30. The highest BCUT2D eigenvalue weighted by atomic mass is 32.2. The number of nitriles is 1. The first-order valence-electron chi connectivity index (χ1n) is 5.16. The van der Waals surface area contributed by atoms with Crippen LogP contribution in [0.1, 0.15) is 5.56 Å². The minimum atomic E-state index is -3.80. The van der Waals surface area contributed by atoms with Crippen LogP contribution in [0.15, 0.2) is 29.2 Å². The maximum Gasteiger partial charge on any atom is 0.267 e. The fourth-order valence-electron chi connectivity index (χ4n) is 1.62. The molecule has 1 heterocycles. The summed E-state index contributed by atoms with van der Waals surface area (Å²) in [6.45, 7) is 1.86. The molecule has 1 atom stereocenters. The predicted molar refractivity (Wildman–Crippen MR) is 69.8 cm³/mol. The quantitative estimate of drug-likeness (QED) is 0.891. The SMILES string of the molecule is Cc1ccc(S(=O)(=O)N2C(=N)CSC2C#N)cc1. The van der Waals surface area contributed by atoms with Crippen LogP contribution < -0.4 is 0 Å². The molecule has 2 rings (SSSR count). The number of benzene rings is 1. The summed E-state index contributed by atoms with van der Waals surface area (Å²) in [6, 6.07) is 8.28. The van der Waals surface area contributed by atoms with Gasteiger partial charge in [-0.3, -0.25) is 5.41 Å². The fourth-order valence-corrected chi connectivity index (χ4v) is 4.37. The topological polar surface area (TPSA) is 85.0 Å². The van der Waals surface area contributed by atoms with E-state index in [-0.39, 0.29) is 16.5 Å². The number of nitrogens with zero attached hydrogens (tertiary/aromatic N) is 2. The molecule has 0 aromatic heterocycles. The van der Waals surface area contributed by atoms with E-state index in [4.69, 9.17) is 10.7 Å². The third-order valence-corrected chi connectivity index (χ3v) is 5.57. The lowest BCUT2D eigenvalue weighted by molar-refractivity contribution is 0.534. The molecule has 5 nitrogen and oxygen atoms in total. The molecule has 1 aliphatic heterocycles. The van der Waals surface area contributed by atoms with E-state index >= 15 is 0 Å². The van der Waals surface area contributed by atoms with E-state index in [1.807, 2.05) is 13.0 Å². The molecular formula is C11H11N3O2S2. The van der Waals surface area contributed by atoms with E-state index in [9.17, 15) is 8.42 Å². The molecular weight excluding hydrogens is 270 g/mol. The number of amidine groups is 1. The van der Waals surface area contributed by atoms with Gasteiger partial charge in [0.2, 0.25) is 0 Å². The molecule has 7 heteroatoms. The Morgan fingerprint density at radius 2 is 2.06 bits per heavy atom.